The van der Waals surface area contributed by atoms with E-state index in [9.17, 15) is 19.1 Å². The number of carboxylic acids is 1. The molecule has 2 aromatic carbocycles. The zero-order chi connectivity index (χ0) is 23.6. The summed E-state index contributed by atoms with van der Waals surface area (Å²) in [7, 11) is 0. The Balaban J connectivity index is 1.73. The summed E-state index contributed by atoms with van der Waals surface area (Å²) in [5.41, 5.74) is 0.708. The number of aromatic nitrogens is 2. The Morgan fingerprint density at radius 1 is 1.15 bits per heavy atom. The molecule has 6 aromatic rings. The van der Waals surface area contributed by atoms with Crippen molar-refractivity contribution in [2.24, 2.45) is 0 Å². The molecule has 0 aliphatic heterocycles. The van der Waals surface area contributed by atoms with Crippen molar-refractivity contribution < 1.29 is 23.1 Å². The van der Waals surface area contributed by atoms with Gasteiger partial charge in [0.05, 0.1) is 39.1 Å². The zero-order valence-electron chi connectivity index (χ0n) is 17.3. The van der Waals surface area contributed by atoms with E-state index in [1.807, 2.05) is 18.2 Å². The third-order valence-electron chi connectivity index (χ3n) is 5.87. The fourth-order valence-corrected chi connectivity index (χ4v) is 4.95. The molecule has 7 nitrogen and oxygen atoms in total. The summed E-state index contributed by atoms with van der Waals surface area (Å²) >= 11 is 3.45. The summed E-state index contributed by atoms with van der Waals surface area (Å²) in [6, 6.07) is 13.2. The minimum absolute atomic E-state index is 0.00432. The number of aromatic amines is 1. The van der Waals surface area contributed by atoms with Crippen molar-refractivity contribution in [2.45, 2.75) is 6.54 Å². The van der Waals surface area contributed by atoms with Crippen molar-refractivity contribution in [3.05, 3.63) is 93.1 Å². The molecule has 0 unspecified atom stereocenters. The highest BCUT2D eigenvalue weighted by Crippen LogP contribution is 2.40. The third-order valence-corrected chi connectivity index (χ3v) is 6.49. The van der Waals surface area contributed by atoms with Crippen LogP contribution < -0.4 is 5.56 Å². The number of aromatic carboxylic acids is 1. The van der Waals surface area contributed by atoms with Gasteiger partial charge in [0.2, 0.25) is 0 Å². The van der Waals surface area contributed by atoms with Crippen molar-refractivity contribution in [2.75, 3.05) is 0 Å². The van der Waals surface area contributed by atoms with E-state index < -0.39 is 17.3 Å². The topological polar surface area (TPSA) is 101 Å². The molecule has 0 aliphatic rings. The van der Waals surface area contributed by atoms with Crippen molar-refractivity contribution >= 4 is 54.7 Å². The molecule has 0 fully saturated rings. The monoisotopic (exact) mass is 520 g/mol. The summed E-state index contributed by atoms with van der Waals surface area (Å²) in [5, 5.41) is 11.6. The highest BCUT2D eigenvalue weighted by molar-refractivity contribution is 9.10. The van der Waals surface area contributed by atoms with Crippen LogP contribution in [0, 0.1) is 5.82 Å². The lowest BCUT2D eigenvalue weighted by Crippen LogP contribution is -2.13. The lowest BCUT2D eigenvalue weighted by atomic mass is 10.0. The van der Waals surface area contributed by atoms with Crippen molar-refractivity contribution in [3.8, 4) is 11.1 Å². The summed E-state index contributed by atoms with van der Waals surface area (Å²) in [5.74, 6) is -1.37. The molecule has 0 radical (unpaired) electrons. The number of furan rings is 2. The number of hydrogen-bond donors (Lipinski definition) is 2. The van der Waals surface area contributed by atoms with E-state index in [-0.39, 0.29) is 39.9 Å². The van der Waals surface area contributed by atoms with Crippen molar-refractivity contribution in [3.63, 3.8) is 0 Å². The van der Waals surface area contributed by atoms with Gasteiger partial charge in [0, 0.05) is 17.1 Å². The quantitative estimate of drug-likeness (QED) is 0.290. The molecule has 9 heteroatoms. The maximum atomic E-state index is 15.0. The van der Waals surface area contributed by atoms with Gasteiger partial charge in [-0.3, -0.25) is 4.79 Å². The number of nitrogens with zero attached hydrogens (tertiary/aromatic N) is 1. The first-order chi connectivity index (χ1) is 16.4. The number of rotatable bonds is 4. The summed E-state index contributed by atoms with van der Waals surface area (Å²) < 4.78 is 28.8. The van der Waals surface area contributed by atoms with Gasteiger partial charge < -0.3 is 23.5 Å². The molecule has 34 heavy (non-hydrogen) atoms. The van der Waals surface area contributed by atoms with E-state index in [1.54, 1.807) is 12.1 Å². The fourth-order valence-electron chi connectivity index (χ4n) is 4.49. The predicted octanol–water partition coefficient (Wildman–Crippen LogP) is 6.14. The van der Waals surface area contributed by atoms with Gasteiger partial charge in [0.25, 0.3) is 5.56 Å². The van der Waals surface area contributed by atoms with Crippen LogP contribution >= 0.6 is 15.9 Å². The van der Waals surface area contributed by atoms with Gasteiger partial charge in [0.1, 0.15) is 28.4 Å². The lowest BCUT2D eigenvalue weighted by Gasteiger charge is -2.07. The largest absolute Gasteiger partial charge is 0.477 e. The van der Waals surface area contributed by atoms with E-state index in [2.05, 4.69) is 20.9 Å². The zero-order valence-corrected chi connectivity index (χ0v) is 18.8. The summed E-state index contributed by atoms with van der Waals surface area (Å²) in [4.78, 5) is 27.9. The van der Waals surface area contributed by atoms with Gasteiger partial charge in [-0.1, -0.05) is 12.1 Å². The summed E-state index contributed by atoms with van der Waals surface area (Å²) in [6.45, 7) is -0.00432. The fraction of sp³-hybridized carbons (Fsp3) is 0.0400. The van der Waals surface area contributed by atoms with Crippen LogP contribution in [0.3, 0.4) is 0 Å². The van der Waals surface area contributed by atoms with Gasteiger partial charge in [-0.05, 0) is 52.3 Å². The van der Waals surface area contributed by atoms with Gasteiger partial charge in [-0.15, -0.1) is 0 Å². The number of para-hydroxylation sites is 1. The Bertz CT molecular complexity index is 1820. The second-order valence-corrected chi connectivity index (χ2v) is 8.67. The van der Waals surface area contributed by atoms with Crippen LogP contribution in [0.5, 0.6) is 0 Å². The SMILES string of the molecule is O=C(O)c1c(-c2ccc[nH]c2=O)c2c3occc3c(F)cc2n1Cc1cc2cccc(Br)c2o1. The lowest BCUT2D eigenvalue weighted by molar-refractivity contribution is 0.0687. The highest BCUT2D eigenvalue weighted by Gasteiger charge is 2.29. The van der Waals surface area contributed by atoms with Gasteiger partial charge in [-0.2, -0.15) is 0 Å². The first kappa shape index (κ1) is 20.5. The van der Waals surface area contributed by atoms with Crippen LogP contribution in [0.25, 0.3) is 44.0 Å². The standard InChI is InChI=1S/C25H14BrFN2O5/c26-16-5-1-3-12-9-13(34-22(12)16)11-29-18-10-17(27)14-6-8-33-23(14)20(18)19(21(29)25(31)32)15-4-2-7-28-24(15)30/h1-10H,11H2,(H,28,30)(H,31,32). The van der Waals surface area contributed by atoms with E-state index in [0.717, 1.165) is 9.86 Å². The van der Waals surface area contributed by atoms with Crippen molar-refractivity contribution in [1.29, 1.82) is 0 Å². The number of H-pyrrole nitrogens is 1. The molecule has 0 amide bonds. The first-order valence-electron chi connectivity index (χ1n) is 10.2. The Kier molecular flexibility index (Phi) is 4.50. The van der Waals surface area contributed by atoms with Crippen LogP contribution in [0.2, 0.25) is 0 Å². The molecule has 2 N–H and O–H groups in total. The number of fused-ring (bicyclic) bond motifs is 4. The minimum atomic E-state index is -1.27. The Labute approximate surface area is 198 Å². The minimum Gasteiger partial charge on any atom is -0.477 e. The number of nitrogens with one attached hydrogen (secondary N) is 1. The molecule has 0 saturated carbocycles. The molecule has 0 bridgehead atoms. The van der Waals surface area contributed by atoms with E-state index in [0.29, 0.717) is 16.7 Å². The van der Waals surface area contributed by atoms with E-state index >= 15 is 0 Å². The van der Waals surface area contributed by atoms with Crippen molar-refractivity contribution in [1.82, 2.24) is 9.55 Å². The maximum absolute atomic E-state index is 15.0. The highest BCUT2D eigenvalue weighted by atomic mass is 79.9. The van der Waals surface area contributed by atoms with E-state index in [1.165, 1.54) is 35.2 Å². The molecule has 4 aromatic heterocycles. The van der Waals surface area contributed by atoms with Gasteiger partial charge in [-0.25, -0.2) is 9.18 Å². The van der Waals surface area contributed by atoms with Crippen LogP contribution in [0.15, 0.2) is 79.1 Å². The Morgan fingerprint density at radius 3 is 2.76 bits per heavy atom. The Hall–Kier alpha value is -4.11. The van der Waals surface area contributed by atoms with Crippen LogP contribution in [0.4, 0.5) is 4.39 Å². The molecular formula is C25H14BrFN2O5. The molecule has 0 spiro atoms. The average molecular weight is 521 g/mol. The van der Waals surface area contributed by atoms with Crippen LogP contribution in [-0.2, 0) is 6.54 Å². The molecule has 168 valence electrons. The number of pyridine rings is 1. The number of benzene rings is 2. The maximum Gasteiger partial charge on any atom is 0.353 e. The van der Waals surface area contributed by atoms with E-state index in [4.69, 9.17) is 8.83 Å². The average Bonchev–Trinajstić information content (AvgIpc) is 3.51. The predicted molar refractivity (Wildman–Crippen MR) is 128 cm³/mol. The third kappa shape index (κ3) is 2.94. The second-order valence-electron chi connectivity index (χ2n) is 7.81. The number of hydrogen-bond acceptors (Lipinski definition) is 4. The van der Waals surface area contributed by atoms with Crippen LogP contribution in [0.1, 0.15) is 16.2 Å². The Morgan fingerprint density at radius 2 is 2.00 bits per heavy atom. The number of carbonyl (C=O) groups is 1. The molecular weight excluding hydrogens is 507 g/mol. The molecule has 0 aliphatic carbocycles. The first-order valence-corrected chi connectivity index (χ1v) is 11.0. The molecule has 6 rings (SSSR count). The number of halogens is 2. The van der Waals surface area contributed by atoms with Gasteiger partial charge in [0.15, 0.2) is 0 Å². The van der Waals surface area contributed by atoms with Crippen LogP contribution in [-0.4, -0.2) is 20.6 Å². The molecule has 4 heterocycles. The normalized spacial score (nSPS) is 11.7. The molecule has 0 saturated heterocycles. The second kappa shape index (κ2) is 7.46. The number of carboxylic acid groups (broad SMARTS) is 1. The smallest absolute Gasteiger partial charge is 0.353 e. The van der Waals surface area contributed by atoms with Gasteiger partial charge >= 0.3 is 5.97 Å². The summed E-state index contributed by atoms with van der Waals surface area (Å²) in [6.07, 6.45) is 2.79. The molecule has 0 atom stereocenters.